The van der Waals surface area contributed by atoms with Crippen molar-refractivity contribution >= 4 is 21.8 Å². The molecule has 1 aliphatic rings. The molecule has 1 amide bonds. The molecule has 17 heavy (non-hydrogen) atoms. The highest BCUT2D eigenvalue weighted by atomic mass is 79.9. The monoisotopic (exact) mass is 297 g/mol. The largest absolute Gasteiger partial charge is 0.345 e. The van der Waals surface area contributed by atoms with Gasteiger partial charge in [0.2, 0.25) is 0 Å². The van der Waals surface area contributed by atoms with E-state index in [1.165, 1.54) is 0 Å². The van der Waals surface area contributed by atoms with E-state index in [0.29, 0.717) is 5.69 Å². The number of piperidine rings is 1. The summed E-state index contributed by atoms with van der Waals surface area (Å²) in [6, 6.07) is 3.55. The van der Waals surface area contributed by atoms with Crippen LogP contribution in [-0.2, 0) is 0 Å². The summed E-state index contributed by atoms with van der Waals surface area (Å²) in [7, 11) is 0. The Morgan fingerprint density at radius 2 is 2.18 bits per heavy atom. The maximum Gasteiger partial charge on any atom is 0.270 e. The molecule has 5 heteroatoms. The number of halogens is 1. The topological polar surface area (TPSA) is 54.0 Å². The average Bonchev–Trinajstić information content (AvgIpc) is 2.30. The van der Waals surface area contributed by atoms with Crippen molar-refractivity contribution < 1.29 is 4.79 Å². The number of nitrogens with zero attached hydrogens (tertiary/aromatic N) is 1. The Kier molecular flexibility index (Phi) is 3.79. The molecule has 0 aromatic carbocycles. The smallest absolute Gasteiger partial charge is 0.270 e. The van der Waals surface area contributed by atoms with Crippen molar-refractivity contribution in [3.63, 3.8) is 0 Å². The molecule has 2 heterocycles. The first-order chi connectivity index (χ1) is 8.09. The standard InChI is InChI=1S/C12H16BrN3O/c1-12(4-6-14-7-5-12)16-11(17)10-3-2-9(13)8-15-10/h2-3,8,14H,4-7H2,1H3,(H,16,17). The van der Waals surface area contributed by atoms with E-state index in [-0.39, 0.29) is 11.4 Å². The number of hydrogen-bond donors (Lipinski definition) is 2. The molecule has 0 aliphatic carbocycles. The first kappa shape index (κ1) is 12.5. The number of amides is 1. The predicted molar refractivity (Wildman–Crippen MR) is 69.9 cm³/mol. The molecule has 4 nitrogen and oxygen atoms in total. The molecule has 1 saturated heterocycles. The van der Waals surface area contributed by atoms with E-state index in [4.69, 9.17) is 0 Å². The van der Waals surface area contributed by atoms with E-state index >= 15 is 0 Å². The summed E-state index contributed by atoms with van der Waals surface area (Å²) < 4.78 is 0.877. The highest BCUT2D eigenvalue weighted by Gasteiger charge is 2.28. The number of nitrogens with one attached hydrogen (secondary N) is 2. The zero-order valence-electron chi connectivity index (χ0n) is 9.79. The molecule has 1 aromatic heterocycles. The van der Waals surface area contributed by atoms with Gasteiger partial charge in [-0.1, -0.05) is 0 Å². The Bertz CT molecular complexity index is 399. The Morgan fingerprint density at radius 1 is 1.47 bits per heavy atom. The van der Waals surface area contributed by atoms with Gasteiger partial charge in [-0.25, -0.2) is 4.98 Å². The summed E-state index contributed by atoms with van der Waals surface area (Å²) >= 11 is 3.30. The minimum absolute atomic E-state index is 0.0955. The molecule has 0 bridgehead atoms. The van der Waals surface area contributed by atoms with Crippen LogP contribution in [0.5, 0.6) is 0 Å². The van der Waals surface area contributed by atoms with Crippen molar-refractivity contribution in [3.8, 4) is 0 Å². The lowest BCUT2D eigenvalue weighted by molar-refractivity contribution is 0.0882. The second-order valence-electron chi connectivity index (χ2n) is 4.63. The van der Waals surface area contributed by atoms with E-state index in [0.717, 1.165) is 30.4 Å². The van der Waals surface area contributed by atoms with Gasteiger partial charge in [0.05, 0.1) is 0 Å². The molecule has 0 atom stereocenters. The third-order valence-corrected chi connectivity index (χ3v) is 3.55. The minimum atomic E-state index is -0.114. The van der Waals surface area contributed by atoms with Crippen molar-refractivity contribution in [3.05, 3.63) is 28.5 Å². The number of hydrogen-bond acceptors (Lipinski definition) is 3. The molecule has 1 aliphatic heterocycles. The van der Waals surface area contributed by atoms with Crippen LogP contribution in [0.2, 0.25) is 0 Å². The molecular formula is C12H16BrN3O. The third-order valence-electron chi connectivity index (χ3n) is 3.08. The van der Waals surface area contributed by atoms with E-state index in [1.54, 1.807) is 12.3 Å². The Morgan fingerprint density at radius 3 is 2.76 bits per heavy atom. The number of rotatable bonds is 2. The van der Waals surface area contributed by atoms with Crippen molar-refractivity contribution in [1.29, 1.82) is 0 Å². The Balaban J connectivity index is 2.03. The van der Waals surface area contributed by atoms with Crippen molar-refractivity contribution in [2.24, 2.45) is 0 Å². The maximum atomic E-state index is 12.0. The van der Waals surface area contributed by atoms with E-state index in [1.807, 2.05) is 6.07 Å². The second kappa shape index (κ2) is 5.14. The summed E-state index contributed by atoms with van der Waals surface area (Å²) in [5.41, 5.74) is 0.352. The lowest BCUT2D eigenvalue weighted by Gasteiger charge is -2.34. The van der Waals surface area contributed by atoms with Crippen molar-refractivity contribution in [2.45, 2.75) is 25.3 Å². The number of aromatic nitrogens is 1. The number of pyridine rings is 1. The normalized spacial score (nSPS) is 18.7. The SMILES string of the molecule is CC1(NC(=O)c2ccc(Br)cn2)CCNCC1. The zero-order chi connectivity index (χ0) is 12.3. The van der Waals surface area contributed by atoms with Gasteiger partial charge in [-0.3, -0.25) is 4.79 Å². The summed E-state index contributed by atoms with van der Waals surface area (Å²) in [6.07, 6.45) is 3.55. The van der Waals surface area contributed by atoms with Crippen LogP contribution in [-0.4, -0.2) is 29.5 Å². The van der Waals surface area contributed by atoms with Gasteiger partial charge < -0.3 is 10.6 Å². The molecule has 1 fully saturated rings. The van der Waals surface area contributed by atoms with Gasteiger partial charge in [-0.05, 0) is 60.9 Å². The van der Waals surface area contributed by atoms with Crippen LogP contribution >= 0.6 is 15.9 Å². The molecule has 0 unspecified atom stereocenters. The van der Waals surface area contributed by atoms with E-state index < -0.39 is 0 Å². The quantitative estimate of drug-likeness (QED) is 0.874. The maximum absolute atomic E-state index is 12.0. The van der Waals surface area contributed by atoms with Crippen LogP contribution < -0.4 is 10.6 Å². The lowest BCUT2D eigenvalue weighted by atomic mass is 9.90. The van der Waals surface area contributed by atoms with Crippen LogP contribution in [0.15, 0.2) is 22.8 Å². The fourth-order valence-corrected chi connectivity index (χ4v) is 2.19. The summed E-state index contributed by atoms with van der Waals surface area (Å²) in [5, 5.41) is 6.36. The van der Waals surface area contributed by atoms with Crippen LogP contribution in [0, 0.1) is 0 Å². The Hall–Kier alpha value is -0.940. The number of carbonyl (C=O) groups excluding carboxylic acids is 1. The molecule has 2 N–H and O–H groups in total. The molecule has 0 spiro atoms. The molecule has 0 radical (unpaired) electrons. The van der Waals surface area contributed by atoms with Gasteiger partial charge >= 0.3 is 0 Å². The molecule has 2 rings (SSSR count). The minimum Gasteiger partial charge on any atom is -0.345 e. The highest BCUT2D eigenvalue weighted by molar-refractivity contribution is 9.10. The Labute approximate surface area is 109 Å². The van der Waals surface area contributed by atoms with Crippen LogP contribution in [0.1, 0.15) is 30.3 Å². The van der Waals surface area contributed by atoms with Gasteiger partial charge in [0.15, 0.2) is 0 Å². The fraction of sp³-hybridized carbons (Fsp3) is 0.500. The lowest BCUT2D eigenvalue weighted by Crippen LogP contribution is -2.52. The van der Waals surface area contributed by atoms with Gasteiger partial charge in [0.1, 0.15) is 5.69 Å². The molecule has 0 saturated carbocycles. The average molecular weight is 298 g/mol. The number of carbonyl (C=O) groups is 1. The molecule has 1 aromatic rings. The van der Waals surface area contributed by atoms with Crippen molar-refractivity contribution in [2.75, 3.05) is 13.1 Å². The van der Waals surface area contributed by atoms with E-state index in [2.05, 4.69) is 38.5 Å². The van der Waals surface area contributed by atoms with Gasteiger partial charge in [-0.15, -0.1) is 0 Å². The van der Waals surface area contributed by atoms with Gasteiger partial charge in [0.25, 0.3) is 5.91 Å². The molecule has 92 valence electrons. The van der Waals surface area contributed by atoms with E-state index in [9.17, 15) is 4.79 Å². The van der Waals surface area contributed by atoms with Gasteiger partial charge in [-0.2, -0.15) is 0 Å². The van der Waals surface area contributed by atoms with Crippen LogP contribution in [0.4, 0.5) is 0 Å². The highest BCUT2D eigenvalue weighted by Crippen LogP contribution is 2.18. The summed E-state index contributed by atoms with van der Waals surface area (Å²) in [6.45, 7) is 3.99. The third kappa shape index (κ3) is 3.26. The fourth-order valence-electron chi connectivity index (χ4n) is 1.95. The summed E-state index contributed by atoms with van der Waals surface area (Å²) in [4.78, 5) is 16.1. The van der Waals surface area contributed by atoms with Gasteiger partial charge in [0, 0.05) is 16.2 Å². The first-order valence-electron chi connectivity index (χ1n) is 5.74. The second-order valence-corrected chi connectivity index (χ2v) is 5.54. The predicted octanol–water partition coefficient (Wildman–Crippen LogP) is 1.72. The van der Waals surface area contributed by atoms with Crippen LogP contribution in [0.25, 0.3) is 0 Å². The summed E-state index contributed by atoms with van der Waals surface area (Å²) in [5.74, 6) is -0.0955. The van der Waals surface area contributed by atoms with Crippen molar-refractivity contribution in [1.82, 2.24) is 15.6 Å². The molecular weight excluding hydrogens is 282 g/mol. The zero-order valence-corrected chi connectivity index (χ0v) is 11.4. The van der Waals surface area contributed by atoms with Crippen LogP contribution in [0.3, 0.4) is 0 Å². The first-order valence-corrected chi connectivity index (χ1v) is 6.53.